The number of hydrogen-bond donors (Lipinski definition) is 0. The lowest BCUT2D eigenvalue weighted by molar-refractivity contribution is -0.673. The summed E-state index contributed by atoms with van der Waals surface area (Å²) >= 11 is 0. The Morgan fingerprint density at radius 2 is 1.90 bits per heavy atom. The minimum atomic E-state index is 0. The molecule has 2 aromatic heterocycles. The highest BCUT2D eigenvalue weighted by molar-refractivity contribution is 5.65. The number of furan rings is 1. The van der Waals surface area contributed by atoms with E-state index in [1.165, 1.54) is 12.8 Å². The highest BCUT2D eigenvalue weighted by Gasteiger charge is 2.14. The Balaban J connectivity index is 0.00000147. The van der Waals surface area contributed by atoms with Crippen LogP contribution in [-0.2, 0) is 7.05 Å². The summed E-state index contributed by atoms with van der Waals surface area (Å²) in [5, 5.41) is 0. The van der Waals surface area contributed by atoms with Gasteiger partial charge in [0.25, 0.3) is 0 Å². The minimum Gasteiger partial charge on any atom is -1.00 e. The van der Waals surface area contributed by atoms with Gasteiger partial charge in [0.05, 0.1) is 0 Å². The minimum absolute atomic E-state index is 0. The molecule has 20 heavy (non-hydrogen) atoms. The van der Waals surface area contributed by atoms with Gasteiger partial charge in [-0.3, -0.25) is 0 Å². The van der Waals surface area contributed by atoms with E-state index in [0.717, 1.165) is 30.4 Å². The van der Waals surface area contributed by atoms with Crippen molar-refractivity contribution in [2.45, 2.75) is 12.8 Å². The lowest BCUT2D eigenvalue weighted by Crippen LogP contribution is -3.00. The zero-order valence-corrected chi connectivity index (χ0v) is 13.8. The molecule has 0 aromatic carbocycles. The van der Waals surface area contributed by atoms with E-state index in [0.29, 0.717) is 0 Å². The van der Waals surface area contributed by atoms with Crippen LogP contribution in [0.5, 0.6) is 0 Å². The van der Waals surface area contributed by atoms with Gasteiger partial charge in [-0.2, -0.15) is 0 Å². The number of pyridine rings is 1. The zero-order valence-electron chi connectivity index (χ0n) is 11.6. The molecular formula is C16H19IN2O. The third kappa shape index (κ3) is 3.42. The van der Waals surface area contributed by atoms with E-state index < -0.39 is 0 Å². The third-order valence-electron chi connectivity index (χ3n) is 3.54. The Labute approximate surface area is 136 Å². The summed E-state index contributed by atoms with van der Waals surface area (Å²) in [4.78, 5) is 2.31. The molecule has 1 fully saturated rings. The van der Waals surface area contributed by atoms with Crippen molar-refractivity contribution in [2.24, 2.45) is 7.05 Å². The van der Waals surface area contributed by atoms with Crippen molar-refractivity contribution in [3.05, 3.63) is 48.0 Å². The topological polar surface area (TPSA) is 20.3 Å². The van der Waals surface area contributed by atoms with Gasteiger partial charge < -0.3 is 33.3 Å². The second-order valence-electron chi connectivity index (χ2n) is 4.94. The van der Waals surface area contributed by atoms with Crippen molar-refractivity contribution in [1.82, 2.24) is 0 Å². The predicted octanol–water partition coefficient (Wildman–Crippen LogP) is -0.121. The number of hydrogen-bond acceptors (Lipinski definition) is 2. The fourth-order valence-electron chi connectivity index (χ4n) is 2.42. The lowest BCUT2D eigenvalue weighted by Gasteiger charge is -2.12. The van der Waals surface area contributed by atoms with E-state index in [4.69, 9.17) is 4.42 Å². The van der Waals surface area contributed by atoms with Crippen LogP contribution in [0.15, 0.2) is 40.9 Å². The van der Waals surface area contributed by atoms with Crippen molar-refractivity contribution in [3.63, 3.8) is 0 Å². The Hall–Kier alpha value is -1.30. The predicted molar refractivity (Wildman–Crippen MR) is 76.7 cm³/mol. The van der Waals surface area contributed by atoms with Gasteiger partial charge >= 0.3 is 0 Å². The largest absolute Gasteiger partial charge is 1.00 e. The van der Waals surface area contributed by atoms with E-state index in [1.54, 1.807) is 0 Å². The summed E-state index contributed by atoms with van der Waals surface area (Å²) in [7, 11) is 2.04. The van der Waals surface area contributed by atoms with Gasteiger partial charge in [-0.1, -0.05) is 0 Å². The van der Waals surface area contributed by atoms with Crippen molar-refractivity contribution < 1.29 is 33.0 Å². The Bertz CT molecular complexity index is 586. The number of anilines is 1. The number of aryl methyl sites for hydroxylation is 1. The Morgan fingerprint density at radius 1 is 1.10 bits per heavy atom. The normalized spacial score (nSPS) is 14.8. The first kappa shape index (κ1) is 15.1. The Kier molecular flexibility index (Phi) is 5.23. The molecule has 0 N–H and O–H groups in total. The lowest BCUT2D eigenvalue weighted by atomic mass is 10.3. The maximum Gasteiger partial charge on any atom is 0.205 e. The zero-order chi connectivity index (χ0) is 13.1. The molecule has 2 aromatic rings. The summed E-state index contributed by atoms with van der Waals surface area (Å²) in [6.45, 7) is 2.23. The van der Waals surface area contributed by atoms with Crippen molar-refractivity contribution in [1.29, 1.82) is 0 Å². The smallest absolute Gasteiger partial charge is 0.205 e. The first-order valence-electron chi connectivity index (χ1n) is 6.80. The van der Waals surface area contributed by atoms with Crippen LogP contribution < -0.4 is 33.4 Å². The number of aromatic nitrogens is 1. The van der Waals surface area contributed by atoms with E-state index in [2.05, 4.69) is 27.7 Å². The molecule has 1 saturated heterocycles. The fourth-order valence-corrected chi connectivity index (χ4v) is 2.42. The molecule has 0 unspecified atom stereocenters. The quantitative estimate of drug-likeness (QED) is 0.545. The van der Waals surface area contributed by atoms with Crippen LogP contribution >= 0.6 is 0 Å². The standard InChI is InChI=1S/C16H19N2O.HI/c1-17-11-3-2-6-14(17)7-8-15-9-10-16(19-15)18-12-4-5-13-18;/h2-3,6-11H,4-5,12-13H2,1H3;1H/q+1;/p-1. The number of rotatable bonds is 3. The summed E-state index contributed by atoms with van der Waals surface area (Å²) in [5.74, 6) is 1.90. The second kappa shape index (κ2) is 6.92. The van der Waals surface area contributed by atoms with Gasteiger partial charge in [-0.05, 0) is 31.1 Å². The molecule has 106 valence electrons. The first-order valence-corrected chi connectivity index (χ1v) is 6.80. The summed E-state index contributed by atoms with van der Waals surface area (Å²) < 4.78 is 7.94. The molecule has 1 aliphatic heterocycles. The van der Waals surface area contributed by atoms with Gasteiger partial charge in [0.15, 0.2) is 12.1 Å². The SMILES string of the molecule is C[n+]1ccccc1/C=C/c1ccc(N2CCCC2)o1.[I-]. The molecule has 0 bridgehead atoms. The highest BCUT2D eigenvalue weighted by atomic mass is 127. The van der Waals surface area contributed by atoms with Crippen LogP contribution in [0.3, 0.4) is 0 Å². The van der Waals surface area contributed by atoms with Crippen molar-refractivity contribution in [2.75, 3.05) is 18.0 Å². The van der Waals surface area contributed by atoms with Crippen LogP contribution in [-0.4, -0.2) is 13.1 Å². The second-order valence-corrected chi connectivity index (χ2v) is 4.94. The van der Waals surface area contributed by atoms with Crippen LogP contribution in [0.2, 0.25) is 0 Å². The average molecular weight is 382 g/mol. The van der Waals surface area contributed by atoms with Crippen molar-refractivity contribution >= 4 is 18.0 Å². The molecule has 3 nitrogen and oxygen atoms in total. The fraction of sp³-hybridized carbons (Fsp3) is 0.312. The summed E-state index contributed by atoms with van der Waals surface area (Å²) in [6, 6.07) is 10.2. The van der Waals surface area contributed by atoms with Crippen LogP contribution in [0.25, 0.3) is 12.2 Å². The average Bonchev–Trinajstić information content (AvgIpc) is 3.09. The maximum absolute atomic E-state index is 5.86. The Morgan fingerprint density at radius 3 is 2.65 bits per heavy atom. The van der Waals surface area contributed by atoms with Crippen molar-refractivity contribution in [3.8, 4) is 0 Å². The van der Waals surface area contributed by atoms with Crippen LogP contribution in [0, 0.1) is 0 Å². The van der Waals surface area contributed by atoms with Gasteiger partial charge in [0, 0.05) is 37.4 Å². The molecule has 0 radical (unpaired) electrons. The molecule has 4 heteroatoms. The summed E-state index contributed by atoms with van der Waals surface area (Å²) in [6.07, 6.45) is 8.68. The molecule has 0 amide bonds. The van der Waals surface area contributed by atoms with Gasteiger partial charge in [0.1, 0.15) is 12.8 Å². The van der Waals surface area contributed by atoms with E-state index in [9.17, 15) is 0 Å². The molecule has 3 heterocycles. The number of halogens is 1. The molecule has 0 spiro atoms. The van der Waals surface area contributed by atoms with E-state index in [-0.39, 0.29) is 24.0 Å². The third-order valence-corrected chi connectivity index (χ3v) is 3.54. The van der Waals surface area contributed by atoms with Crippen LogP contribution in [0.1, 0.15) is 24.3 Å². The van der Waals surface area contributed by atoms with E-state index >= 15 is 0 Å². The van der Waals surface area contributed by atoms with E-state index in [1.807, 2.05) is 37.5 Å². The molecular weight excluding hydrogens is 363 g/mol. The first-order chi connectivity index (χ1) is 9.33. The van der Waals surface area contributed by atoms with Gasteiger partial charge in [-0.25, -0.2) is 4.57 Å². The molecule has 1 aliphatic rings. The monoisotopic (exact) mass is 382 g/mol. The highest BCUT2D eigenvalue weighted by Crippen LogP contribution is 2.23. The molecule has 0 atom stereocenters. The maximum atomic E-state index is 5.86. The van der Waals surface area contributed by atoms with Gasteiger partial charge in [0.2, 0.25) is 5.69 Å². The molecule has 0 aliphatic carbocycles. The molecule has 0 saturated carbocycles. The van der Waals surface area contributed by atoms with Crippen LogP contribution in [0.4, 0.5) is 5.88 Å². The summed E-state index contributed by atoms with van der Waals surface area (Å²) in [5.41, 5.74) is 1.15. The number of nitrogens with zero attached hydrogens (tertiary/aromatic N) is 2. The van der Waals surface area contributed by atoms with Gasteiger partial charge in [-0.15, -0.1) is 0 Å². The molecule has 3 rings (SSSR count).